The molecule has 5 heteroatoms. The molecule has 5 nitrogen and oxygen atoms in total. The van der Waals surface area contributed by atoms with Crippen LogP contribution in [0, 0.1) is 0 Å². The number of aromatic amines is 1. The van der Waals surface area contributed by atoms with Crippen LogP contribution in [-0.4, -0.2) is 16.1 Å². The van der Waals surface area contributed by atoms with Crippen LogP contribution in [0.4, 0.5) is 0 Å². The van der Waals surface area contributed by atoms with Crippen LogP contribution in [-0.2, 0) is 6.42 Å². The Kier molecular flexibility index (Phi) is 4.69. The zero-order chi connectivity index (χ0) is 23.2. The number of H-pyrrole nitrogens is 1. The molecule has 0 amide bonds. The number of carboxylic acids is 1. The molecule has 0 spiro atoms. The van der Waals surface area contributed by atoms with E-state index in [1.54, 1.807) is 18.2 Å². The summed E-state index contributed by atoms with van der Waals surface area (Å²) in [6.45, 7) is 0. The average Bonchev–Trinajstić information content (AvgIpc) is 3.25. The lowest BCUT2D eigenvalue weighted by Gasteiger charge is -2.25. The molecule has 166 valence electrons. The Morgan fingerprint density at radius 3 is 2.68 bits per heavy atom. The number of nitrogens with one attached hydrogen (secondary N) is 1. The number of aromatic nitrogens is 1. The van der Waals surface area contributed by atoms with Crippen LogP contribution in [0.5, 0.6) is 0 Å². The van der Waals surface area contributed by atoms with Crippen LogP contribution in [0.15, 0.2) is 82.1 Å². The van der Waals surface area contributed by atoms with Crippen molar-refractivity contribution in [1.82, 2.24) is 4.98 Å². The molecule has 0 saturated carbocycles. The first kappa shape index (κ1) is 20.2. The van der Waals surface area contributed by atoms with Gasteiger partial charge in [-0.25, -0.2) is 4.79 Å². The van der Waals surface area contributed by atoms with Gasteiger partial charge in [0.25, 0.3) is 0 Å². The molecule has 0 unspecified atom stereocenters. The van der Waals surface area contributed by atoms with E-state index in [0.29, 0.717) is 11.3 Å². The molecule has 6 rings (SSSR count). The summed E-state index contributed by atoms with van der Waals surface area (Å²) < 4.78 is 6.38. The highest BCUT2D eigenvalue weighted by atomic mass is 16.4. The Balaban J connectivity index is 1.66. The first-order valence-corrected chi connectivity index (χ1v) is 11.3. The van der Waals surface area contributed by atoms with E-state index in [1.165, 1.54) is 12.1 Å². The maximum Gasteiger partial charge on any atom is 0.336 e. The lowest BCUT2D eigenvalue weighted by Crippen LogP contribution is -2.10. The molecule has 34 heavy (non-hydrogen) atoms. The smallest absolute Gasteiger partial charge is 0.336 e. The highest BCUT2D eigenvalue weighted by molar-refractivity contribution is 6.01. The Morgan fingerprint density at radius 2 is 1.79 bits per heavy atom. The fraction of sp³-hybridized carbons (Fsp3) is 0.103. The zero-order valence-corrected chi connectivity index (χ0v) is 18.3. The van der Waals surface area contributed by atoms with E-state index < -0.39 is 5.97 Å². The molecule has 3 aliphatic rings. The Morgan fingerprint density at radius 1 is 0.971 bits per heavy atom. The highest BCUT2D eigenvalue weighted by Crippen LogP contribution is 2.45. The molecule has 0 fully saturated rings. The maximum atomic E-state index is 12.2. The average molecular weight is 447 g/mol. The van der Waals surface area contributed by atoms with E-state index in [0.717, 1.165) is 63.8 Å². The minimum absolute atomic E-state index is 0.147. The first-order chi connectivity index (χ1) is 16.6. The van der Waals surface area contributed by atoms with Crippen LogP contribution in [0.25, 0.3) is 45.0 Å². The summed E-state index contributed by atoms with van der Waals surface area (Å²) in [5.41, 5.74) is 6.46. The number of carbonyl (C=O) groups is 1. The van der Waals surface area contributed by atoms with Gasteiger partial charge in [-0.3, -0.25) is 4.79 Å². The standard InChI is InChI=1S/C29H21NO4/c31-19-12-13-23-26(15-19)34-28-17(14-18-16-30-25-11-4-3-7-20(18)25)6-5-10-24(28)27(23)21-8-1-2-9-22(21)29(32)33/h1-4,7-9,11-16,30H,5-6,10H2,(H,32,33). The topological polar surface area (TPSA) is 83.3 Å². The quantitative estimate of drug-likeness (QED) is 0.332. The lowest BCUT2D eigenvalue weighted by molar-refractivity contribution is 0.0697. The van der Waals surface area contributed by atoms with Crippen molar-refractivity contribution in [3.05, 3.63) is 106 Å². The van der Waals surface area contributed by atoms with Crippen LogP contribution >= 0.6 is 0 Å². The number of carboxylic acid groups (broad SMARTS) is 1. The molecule has 3 aromatic rings. The minimum atomic E-state index is -0.982. The third kappa shape index (κ3) is 3.25. The summed E-state index contributed by atoms with van der Waals surface area (Å²) in [5, 5.41) is 11.0. The Hall–Kier alpha value is -4.38. The number of benzene rings is 3. The summed E-state index contributed by atoms with van der Waals surface area (Å²) in [6, 6.07) is 19.9. The van der Waals surface area contributed by atoms with Crippen molar-refractivity contribution in [3.63, 3.8) is 0 Å². The van der Waals surface area contributed by atoms with E-state index in [2.05, 4.69) is 17.1 Å². The summed E-state index contributed by atoms with van der Waals surface area (Å²) in [5.74, 6) is 0.210. The van der Waals surface area contributed by atoms with E-state index in [-0.39, 0.29) is 11.0 Å². The maximum absolute atomic E-state index is 12.2. The van der Waals surface area contributed by atoms with E-state index >= 15 is 0 Å². The van der Waals surface area contributed by atoms with Crippen LogP contribution in [0.2, 0.25) is 0 Å². The molecule has 0 radical (unpaired) electrons. The number of fused-ring (bicyclic) bond motifs is 3. The van der Waals surface area contributed by atoms with Crippen molar-refractivity contribution in [2.45, 2.75) is 19.3 Å². The summed E-state index contributed by atoms with van der Waals surface area (Å²) in [4.78, 5) is 27.6. The molecule has 2 heterocycles. The summed E-state index contributed by atoms with van der Waals surface area (Å²) in [7, 11) is 0. The van der Waals surface area contributed by atoms with Crippen molar-refractivity contribution in [3.8, 4) is 22.5 Å². The fourth-order valence-electron chi connectivity index (χ4n) is 5.04. The predicted molar refractivity (Wildman–Crippen MR) is 133 cm³/mol. The van der Waals surface area contributed by atoms with Gasteiger partial charge >= 0.3 is 5.97 Å². The van der Waals surface area contributed by atoms with Crippen molar-refractivity contribution >= 4 is 28.5 Å². The lowest BCUT2D eigenvalue weighted by atomic mass is 9.82. The van der Waals surface area contributed by atoms with Gasteiger partial charge in [-0.2, -0.15) is 0 Å². The molecule has 2 aromatic carbocycles. The molecular weight excluding hydrogens is 426 g/mol. The fourth-order valence-corrected chi connectivity index (χ4v) is 5.04. The highest BCUT2D eigenvalue weighted by Gasteiger charge is 2.28. The molecule has 0 saturated heterocycles. The molecule has 1 aromatic heterocycles. The molecule has 0 bridgehead atoms. The van der Waals surface area contributed by atoms with Gasteiger partial charge in [-0.1, -0.05) is 36.4 Å². The van der Waals surface area contributed by atoms with E-state index in [1.807, 2.05) is 36.5 Å². The van der Waals surface area contributed by atoms with Gasteiger partial charge in [0.2, 0.25) is 0 Å². The summed E-state index contributed by atoms with van der Waals surface area (Å²) >= 11 is 0. The van der Waals surface area contributed by atoms with Crippen LogP contribution in [0.1, 0.15) is 40.1 Å². The van der Waals surface area contributed by atoms with Crippen LogP contribution in [0.3, 0.4) is 0 Å². The molecule has 0 atom stereocenters. The van der Waals surface area contributed by atoms with E-state index in [4.69, 9.17) is 4.42 Å². The van der Waals surface area contributed by atoms with Gasteiger partial charge in [0, 0.05) is 45.4 Å². The monoisotopic (exact) mass is 447 g/mol. The van der Waals surface area contributed by atoms with Gasteiger partial charge in [-0.15, -0.1) is 0 Å². The Labute approximate surface area is 195 Å². The van der Waals surface area contributed by atoms with Crippen LogP contribution < -0.4 is 5.43 Å². The number of hydrogen-bond donors (Lipinski definition) is 2. The normalized spacial score (nSPS) is 14.5. The second-order valence-corrected chi connectivity index (χ2v) is 8.61. The first-order valence-electron chi connectivity index (χ1n) is 11.3. The zero-order valence-electron chi connectivity index (χ0n) is 18.3. The van der Waals surface area contributed by atoms with Gasteiger partial charge in [-0.05, 0) is 60.7 Å². The number of allylic oxidation sites excluding steroid dienone is 1. The van der Waals surface area contributed by atoms with Crippen molar-refractivity contribution in [2.24, 2.45) is 0 Å². The molecule has 2 N–H and O–H groups in total. The molecular formula is C29H21NO4. The van der Waals surface area contributed by atoms with Gasteiger partial charge in [0.15, 0.2) is 5.43 Å². The number of rotatable bonds is 3. The van der Waals surface area contributed by atoms with Crippen molar-refractivity contribution in [1.29, 1.82) is 0 Å². The largest absolute Gasteiger partial charge is 0.478 e. The molecule has 1 aliphatic heterocycles. The second-order valence-electron chi connectivity index (χ2n) is 8.61. The van der Waals surface area contributed by atoms with Gasteiger partial charge in [0.1, 0.15) is 11.5 Å². The van der Waals surface area contributed by atoms with Crippen molar-refractivity contribution < 1.29 is 14.3 Å². The third-order valence-electron chi connectivity index (χ3n) is 6.55. The number of aromatic carboxylic acids is 1. The number of para-hydroxylation sites is 1. The van der Waals surface area contributed by atoms with Gasteiger partial charge < -0.3 is 14.5 Å². The predicted octanol–water partition coefficient (Wildman–Crippen LogP) is 6.47. The molecule has 2 aliphatic carbocycles. The minimum Gasteiger partial charge on any atom is -0.478 e. The second kappa shape index (κ2) is 7.89. The van der Waals surface area contributed by atoms with E-state index in [9.17, 15) is 14.7 Å². The van der Waals surface area contributed by atoms with Gasteiger partial charge in [0.05, 0.1) is 5.56 Å². The summed E-state index contributed by atoms with van der Waals surface area (Å²) in [6.07, 6.45) is 6.65. The van der Waals surface area contributed by atoms with Crippen molar-refractivity contribution in [2.75, 3.05) is 0 Å². The SMILES string of the molecule is O=C(O)c1ccccc1-c1c2ccc(=O)cc-2oc2c1CCCC2=Cc1c[nH]c2ccccc12. The third-order valence-corrected chi connectivity index (χ3v) is 6.55. The Bertz CT molecular complexity index is 1640. The number of hydrogen-bond acceptors (Lipinski definition) is 3.